The first-order valence-corrected chi connectivity index (χ1v) is 30.8. The first-order valence-electron chi connectivity index (χ1n) is 30.8. The summed E-state index contributed by atoms with van der Waals surface area (Å²) in [4.78, 5) is 40.6. The first-order chi connectivity index (χ1) is 41.2. The third-order valence-corrected chi connectivity index (χ3v) is 22.8. The van der Waals surface area contributed by atoms with Crippen LogP contribution in [0.1, 0.15) is 118 Å². The molecule has 13 N–H and O–H groups in total. The van der Waals surface area contributed by atoms with E-state index < -0.39 is 217 Å². The lowest BCUT2D eigenvalue weighted by molar-refractivity contribution is -0.392. The number of carboxylic acids is 1. The summed E-state index contributed by atoms with van der Waals surface area (Å²) in [5, 5.41) is 143. The molecule has 26 heteroatoms. The summed E-state index contributed by atoms with van der Waals surface area (Å²) in [6, 6.07) is 8.35. The lowest BCUT2D eigenvalue weighted by atomic mass is 9.33. The number of fused-ring (bicyclic) bond motifs is 7. The van der Waals surface area contributed by atoms with Crippen LogP contribution in [0, 0.1) is 50.2 Å². The molecule has 0 spiro atoms. The SMILES string of the molecule is CC(=O)O[C@@H]1[C@H](OC(=O)c2ccccc2)C(C)(C)C[C@H]2C3=CC[C@@H]4[C@@]5(C)CC[C@H](O[C@@H]6O[C@H](C(=O)O)[C@@H](O)[C@H](O[C@@H]7OC[C@@H](O)[C@H](O)[C@H]7O)[C@H]6O[C@@H]6O[C@H](CO)[C@H](O)[C@H](O)[C@H]6O)C(C)(C)[C@@H]5CC[C@@]4(C)[C@]3(C)C[C@@H](O)[C@@]12CO[C@@H]1O[C@@H](C)[C@H](O)[C@@H](O)[C@H]1O. The van der Waals surface area contributed by atoms with Crippen LogP contribution in [-0.2, 0) is 57.0 Å². The number of allylic oxidation sites excluding steroid dienone is 2. The largest absolute Gasteiger partial charge is 0.479 e. The molecule has 0 unspecified atom stereocenters. The molecular weight excluding hydrogens is 1160 g/mol. The molecule has 30 atom stereocenters. The molecule has 4 heterocycles. The van der Waals surface area contributed by atoms with E-state index in [1.54, 1.807) is 30.3 Å². The predicted molar refractivity (Wildman–Crippen MR) is 299 cm³/mol. The summed E-state index contributed by atoms with van der Waals surface area (Å²) < 4.78 is 61.9. The number of benzene rings is 1. The van der Waals surface area contributed by atoms with Crippen molar-refractivity contribution in [2.45, 2.75) is 248 Å². The van der Waals surface area contributed by atoms with Gasteiger partial charge < -0.3 is 114 Å². The van der Waals surface area contributed by atoms with Crippen LogP contribution in [0.2, 0.25) is 0 Å². The van der Waals surface area contributed by atoms with Crippen LogP contribution in [0.25, 0.3) is 0 Å². The molecule has 10 rings (SSSR count). The maximum absolute atomic E-state index is 14.1. The van der Waals surface area contributed by atoms with Gasteiger partial charge in [0.15, 0.2) is 31.3 Å². The van der Waals surface area contributed by atoms with Gasteiger partial charge in [0.2, 0.25) is 0 Å². The van der Waals surface area contributed by atoms with Crippen molar-refractivity contribution in [1.82, 2.24) is 0 Å². The number of hydrogen-bond donors (Lipinski definition) is 13. The number of aliphatic carboxylic acids is 1. The third kappa shape index (κ3) is 11.2. The van der Waals surface area contributed by atoms with Gasteiger partial charge in [-0.05, 0) is 103 Å². The zero-order valence-electron chi connectivity index (χ0n) is 51.2. The molecule has 5 aliphatic carbocycles. The number of aliphatic hydroxyl groups is 12. The van der Waals surface area contributed by atoms with E-state index in [2.05, 4.69) is 26.8 Å². The third-order valence-electron chi connectivity index (χ3n) is 22.8. The minimum Gasteiger partial charge on any atom is -0.479 e. The highest BCUT2D eigenvalue weighted by atomic mass is 16.8. The van der Waals surface area contributed by atoms with E-state index in [4.69, 9.17) is 47.4 Å². The van der Waals surface area contributed by atoms with Gasteiger partial charge in [-0.1, -0.05) is 78.3 Å². The lowest BCUT2D eigenvalue weighted by Gasteiger charge is -2.72. The number of esters is 2. The number of carbonyl (C=O) groups excluding carboxylic acids is 2. The molecule has 9 aliphatic rings. The summed E-state index contributed by atoms with van der Waals surface area (Å²) >= 11 is 0. The quantitative estimate of drug-likeness (QED) is 0.0637. The second-order valence-corrected chi connectivity index (χ2v) is 28.5. The molecule has 0 amide bonds. The number of ether oxygens (including phenoxy) is 10. The van der Waals surface area contributed by atoms with E-state index in [0.717, 1.165) is 5.57 Å². The van der Waals surface area contributed by atoms with Gasteiger partial charge in [-0.25, -0.2) is 9.59 Å². The van der Waals surface area contributed by atoms with Crippen molar-refractivity contribution in [3.05, 3.63) is 47.5 Å². The standard InChI is InChI=1S/C62H92O26/c1-26-37(67)40(70)43(73)54(81-26)80-25-62-30(21-57(3,4)49(50(62)82-27(2)64)88-52(78)28-13-11-10-12-14-28)29-15-16-34-59(7)19-18-36(58(5,6)33(59)17-20-60(34,8)61(29,9)22-35(62)66)84-56-48(87-55-44(74)41(71)39(69)32(23-63)83-55)46(45(75)47(86-56)51(76)77)85-53-42(72)38(68)31(65)24-79-53/h10-15,26,30-50,53-56,63,65-75H,16-25H2,1-9H3,(H,76,77)/t26-,30-,31+,32+,33-,34+,35+,36-,37-,38-,39-,40+,41-,42+,43+,44+,45-,46-,47-,48+,49-,50+,53-,54+,55-,56+,59-,60+,61+,62-/m0/s1. The molecule has 1 aromatic rings. The van der Waals surface area contributed by atoms with Gasteiger partial charge in [0.05, 0.1) is 49.1 Å². The highest BCUT2D eigenvalue weighted by Gasteiger charge is 2.74. The van der Waals surface area contributed by atoms with Gasteiger partial charge in [-0.15, -0.1) is 0 Å². The topological polar surface area (TPSA) is 407 Å². The van der Waals surface area contributed by atoms with Crippen molar-refractivity contribution in [3.63, 3.8) is 0 Å². The Morgan fingerprint density at radius 1 is 0.648 bits per heavy atom. The van der Waals surface area contributed by atoms with Crippen LogP contribution in [0.15, 0.2) is 42.0 Å². The van der Waals surface area contributed by atoms with Crippen molar-refractivity contribution in [1.29, 1.82) is 0 Å². The fourth-order valence-corrected chi connectivity index (χ4v) is 17.7. The molecule has 1 aromatic carbocycles. The van der Waals surface area contributed by atoms with E-state index >= 15 is 0 Å². The van der Waals surface area contributed by atoms with Gasteiger partial charge in [0.1, 0.15) is 91.6 Å². The van der Waals surface area contributed by atoms with Crippen LogP contribution in [0.4, 0.5) is 0 Å². The summed E-state index contributed by atoms with van der Waals surface area (Å²) in [5.74, 6) is -3.85. The summed E-state index contributed by atoms with van der Waals surface area (Å²) in [5.41, 5.74) is -3.80. The molecule has 8 fully saturated rings. The Morgan fingerprint density at radius 2 is 1.30 bits per heavy atom. The highest BCUT2D eigenvalue weighted by Crippen LogP contribution is 2.76. The molecule has 88 heavy (non-hydrogen) atoms. The average Bonchev–Trinajstić information content (AvgIpc) is 0.707. The second-order valence-electron chi connectivity index (χ2n) is 28.5. The van der Waals surface area contributed by atoms with E-state index in [1.807, 2.05) is 27.7 Å². The van der Waals surface area contributed by atoms with E-state index in [0.29, 0.717) is 38.5 Å². The molecular formula is C62H92O26. The minimum atomic E-state index is -2.13. The van der Waals surface area contributed by atoms with E-state index in [-0.39, 0.29) is 23.8 Å². The molecule has 496 valence electrons. The average molecular weight is 1250 g/mol. The number of carbonyl (C=O) groups is 3. The maximum Gasteiger partial charge on any atom is 0.338 e. The van der Waals surface area contributed by atoms with Crippen molar-refractivity contribution >= 4 is 17.9 Å². The Bertz CT molecular complexity index is 2700. The van der Waals surface area contributed by atoms with Crippen molar-refractivity contribution in [3.8, 4) is 0 Å². The Balaban J connectivity index is 0.984. The number of rotatable bonds is 14. The van der Waals surface area contributed by atoms with Gasteiger partial charge >= 0.3 is 17.9 Å². The number of carboxylic acid groups (broad SMARTS) is 1. The minimum absolute atomic E-state index is 0.0578. The monoisotopic (exact) mass is 1250 g/mol. The zero-order valence-corrected chi connectivity index (χ0v) is 51.2. The van der Waals surface area contributed by atoms with Gasteiger partial charge in [-0.2, -0.15) is 0 Å². The molecule has 4 saturated carbocycles. The lowest BCUT2D eigenvalue weighted by Crippen LogP contribution is -2.73. The van der Waals surface area contributed by atoms with Crippen molar-refractivity contribution in [2.75, 3.05) is 19.8 Å². The Morgan fingerprint density at radius 3 is 1.95 bits per heavy atom. The Labute approximate surface area is 510 Å². The number of hydrogen-bond acceptors (Lipinski definition) is 25. The normalized spacial score (nSPS) is 49.8. The predicted octanol–water partition coefficient (Wildman–Crippen LogP) is -0.455. The van der Waals surface area contributed by atoms with Crippen molar-refractivity contribution < 1.29 is 128 Å². The molecule has 0 bridgehead atoms. The highest BCUT2D eigenvalue weighted by molar-refractivity contribution is 5.89. The van der Waals surface area contributed by atoms with Crippen LogP contribution in [0.3, 0.4) is 0 Å². The van der Waals surface area contributed by atoms with Crippen LogP contribution in [0.5, 0.6) is 0 Å². The van der Waals surface area contributed by atoms with Crippen LogP contribution >= 0.6 is 0 Å². The fourth-order valence-electron chi connectivity index (χ4n) is 17.7. The van der Waals surface area contributed by atoms with E-state index in [9.17, 15) is 80.8 Å². The molecule has 4 aliphatic heterocycles. The van der Waals surface area contributed by atoms with E-state index in [1.165, 1.54) is 13.8 Å². The fraction of sp³-hybridized carbons (Fsp3) is 0.823. The molecule has 0 radical (unpaired) electrons. The van der Waals surface area contributed by atoms with Gasteiger partial charge in [0, 0.05) is 12.3 Å². The maximum atomic E-state index is 14.1. The van der Waals surface area contributed by atoms with Crippen LogP contribution < -0.4 is 0 Å². The first kappa shape index (κ1) is 67.5. The van der Waals surface area contributed by atoms with Gasteiger partial charge in [-0.3, -0.25) is 4.79 Å². The molecule has 26 nitrogen and oxygen atoms in total. The van der Waals surface area contributed by atoms with Gasteiger partial charge in [0.25, 0.3) is 0 Å². The Hall–Kier alpha value is -3.43. The number of aliphatic hydroxyl groups excluding tert-OH is 12. The Kier molecular flexibility index (Phi) is 19.0. The second kappa shape index (κ2) is 24.8. The zero-order chi connectivity index (χ0) is 64.3. The smallest absolute Gasteiger partial charge is 0.338 e. The van der Waals surface area contributed by atoms with Crippen molar-refractivity contribution in [2.24, 2.45) is 50.2 Å². The summed E-state index contributed by atoms with van der Waals surface area (Å²) in [6.07, 6.45) is -32.5. The summed E-state index contributed by atoms with van der Waals surface area (Å²) in [7, 11) is 0. The van der Waals surface area contributed by atoms with Crippen LogP contribution in [-0.4, -0.2) is 245 Å². The molecule has 0 aromatic heterocycles. The summed E-state index contributed by atoms with van der Waals surface area (Å²) in [6.45, 7) is 15.6. The molecule has 4 saturated heterocycles.